The normalized spacial score (nSPS) is 10.4. The third kappa shape index (κ3) is 3.88. The van der Waals surface area contributed by atoms with Crippen molar-refractivity contribution < 1.29 is 13.5 Å². The summed E-state index contributed by atoms with van der Waals surface area (Å²) in [5.74, 6) is -0.112. The van der Waals surface area contributed by atoms with E-state index < -0.39 is 11.6 Å². The lowest BCUT2D eigenvalue weighted by Gasteiger charge is -2.09. The summed E-state index contributed by atoms with van der Waals surface area (Å²) >= 11 is 0. The molecule has 1 aromatic carbocycles. The maximum Gasteiger partial charge on any atom is 0.162 e. The highest BCUT2D eigenvalue weighted by atomic mass is 19.2. The van der Waals surface area contributed by atoms with Crippen molar-refractivity contribution in [1.82, 2.24) is 9.97 Å². The standard InChI is InChI=1S/C14H15F2N3O/c1-9-7-14(19-10(2)18-9)17-5-6-20-11-3-4-12(15)13(16)8-11/h3-4,7-8H,5-6H2,1-2H3,(H,17,18,19). The highest BCUT2D eigenvalue weighted by molar-refractivity contribution is 5.35. The Bertz CT molecular complexity index is 585. The van der Waals surface area contributed by atoms with E-state index >= 15 is 0 Å². The summed E-state index contributed by atoms with van der Waals surface area (Å²) in [6.45, 7) is 4.51. The Morgan fingerprint density at radius 2 is 1.90 bits per heavy atom. The fourth-order valence-corrected chi connectivity index (χ4v) is 1.72. The largest absolute Gasteiger partial charge is 0.492 e. The summed E-state index contributed by atoms with van der Waals surface area (Å²) in [5, 5.41) is 3.08. The van der Waals surface area contributed by atoms with Crippen LogP contribution < -0.4 is 10.1 Å². The quantitative estimate of drug-likeness (QED) is 0.855. The van der Waals surface area contributed by atoms with Crippen LogP contribution >= 0.6 is 0 Å². The van der Waals surface area contributed by atoms with Crippen LogP contribution in [0.4, 0.5) is 14.6 Å². The molecular formula is C14H15F2N3O. The molecule has 0 fully saturated rings. The zero-order valence-corrected chi connectivity index (χ0v) is 11.3. The summed E-state index contributed by atoms with van der Waals surface area (Å²) in [4.78, 5) is 8.39. The van der Waals surface area contributed by atoms with E-state index in [9.17, 15) is 8.78 Å². The molecule has 0 unspecified atom stereocenters. The molecule has 4 nitrogen and oxygen atoms in total. The summed E-state index contributed by atoms with van der Waals surface area (Å²) in [6, 6.07) is 5.27. The zero-order valence-electron chi connectivity index (χ0n) is 11.3. The van der Waals surface area contributed by atoms with Gasteiger partial charge in [-0.1, -0.05) is 0 Å². The first-order valence-electron chi connectivity index (χ1n) is 6.18. The maximum absolute atomic E-state index is 13.0. The molecule has 6 heteroatoms. The first kappa shape index (κ1) is 14.2. The molecule has 1 aromatic heterocycles. The van der Waals surface area contributed by atoms with Gasteiger partial charge >= 0.3 is 0 Å². The molecule has 0 saturated heterocycles. The number of aromatic nitrogens is 2. The van der Waals surface area contributed by atoms with Crippen LogP contribution in [0.15, 0.2) is 24.3 Å². The van der Waals surface area contributed by atoms with Gasteiger partial charge in [0.1, 0.15) is 24.0 Å². The van der Waals surface area contributed by atoms with Crippen molar-refractivity contribution in [3.05, 3.63) is 47.4 Å². The first-order valence-corrected chi connectivity index (χ1v) is 6.18. The predicted molar refractivity (Wildman–Crippen MR) is 71.8 cm³/mol. The number of nitrogens with zero attached hydrogens (tertiary/aromatic N) is 2. The lowest BCUT2D eigenvalue weighted by molar-refractivity contribution is 0.329. The van der Waals surface area contributed by atoms with Crippen LogP contribution in [0.2, 0.25) is 0 Å². The van der Waals surface area contributed by atoms with Crippen molar-refractivity contribution in [2.24, 2.45) is 0 Å². The van der Waals surface area contributed by atoms with E-state index in [2.05, 4.69) is 15.3 Å². The van der Waals surface area contributed by atoms with E-state index in [1.807, 2.05) is 19.9 Å². The maximum atomic E-state index is 13.0. The van der Waals surface area contributed by atoms with E-state index in [0.717, 1.165) is 17.8 Å². The second-order valence-electron chi connectivity index (χ2n) is 4.29. The van der Waals surface area contributed by atoms with Gasteiger partial charge in [0.05, 0.1) is 6.54 Å². The van der Waals surface area contributed by atoms with Gasteiger partial charge in [0.25, 0.3) is 0 Å². The van der Waals surface area contributed by atoms with Crippen LogP contribution in [0.5, 0.6) is 5.75 Å². The highest BCUT2D eigenvalue weighted by Crippen LogP contribution is 2.15. The smallest absolute Gasteiger partial charge is 0.162 e. The van der Waals surface area contributed by atoms with Crippen molar-refractivity contribution in [1.29, 1.82) is 0 Å². The molecule has 0 bridgehead atoms. The highest BCUT2D eigenvalue weighted by Gasteiger charge is 2.03. The molecule has 1 N–H and O–H groups in total. The zero-order chi connectivity index (χ0) is 14.5. The lowest BCUT2D eigenvalue weighted by Crippen LogP contribution is -2.13. The Morgan fingerprint density at radius 3 is 2.60 bits per heavy atom. The van der Waals surface area contributed by atoms with Crippen LogP contribution in [0.25, 0.3) is 0 Å². The molecule has 0 radical (unpaired) electrons. The summed E-state index contributed by atoms with van der Waals surface area (Å²) < 4.78 is 31.0. The van der Waals surface area contributed by atoms with E-state index in [0.29, 0.717) is 30.5 Å². The minimum absolute atomic E-state index is 0.292. The van der Waals surface area contributed by atoms with Gasteiger partial charge < -0.3 is 10.1 Å². The summed E-state index contributed by atoms with van der Waals surface area (Å²) in [6.07, 6.45) is 0. The van der Waals surface area contributed by atoms with E-state index in [1.54, 1.807) is 0 Å². The van der Waals surface area contributed by atoms with Crippen LogP contribution in [0.3, 0.4) is 0 Å². The second kappa shape index (κ2) is 6.27. The van der Waals surface area contributed by atoms with Crippen molar-refractivity contribution in [3.63, 3.8) is 0 Å². The van der Waals surface area contributed by atoms with Crippen molar-refractivity contribution >= 4 is 5.82 Å². The van der Waals surface area contributed by atoms with Crippen LogP contribution in [0, 0.1) is 25.5 Å². The predicted octanol–water partition coefficient (Wildman–Crippen LogP) is 2.86. The molecule has 0 aliphatic heterocycles. The number of anilines is 1. The van der Waals surface area contributed by atoms with Crippen LogP contribution in [-0.4, -0.2) is 23.1 Å². The van der Waals surface area contributed by atoms with Crippen molar-refractivity contribution in [2.75, 3.05) is 18.5 Å². The Hall–Kier alpha value is -2.24. The van der Waals surface area contributed by atoms with Gasteiger partial charge in [-0.15, -0.1) is 0 Å². The Balaban J connectivity index is 1.82. The van der Waals surface area contributed by atoms with Crippen LogP contribution in [-0.2, 0) is 0 Å². The molecule has 0 amide bonds. The number of halogens is 2. The van der Waals surface area contributed by atoms with Gasteiger partial charge in [0.2, 0.25) is 0 Å². The number of hydrogen-bond donors (Lipinski definition) is 1. The molecule has 0 aliphatic carbocycles. The molecule has 0 atom stereocenters. The van der Waals surface area contributed by atoms with Gasteiger partial charge in [-0.05, 0) is 26.0 Å². The number of aryl methyl sites for hydroxylation is 2. The van der Waals surface area contributed by atoms with E-state index in [-0.39, 0.29) is 0 Å². The van der Waals surface area contributed by atoms with Crippen molar-refractivity contribution in [3.8, 4) is 5.75 Å². The molecule has 106 valence electrons. The third-order valence-electron chi connectivity index (χ3n) is 2.53. The minimum Gasteiger partial charge on any atom is -0.492 e. The number of benzene rings is 1. The van der Waals surface area contributed by atoms with Gasteiger partial charge in [-0.3, -0.25) is 0 Å². The van der Waals surface area contributed by atoms with E-state index in [1.165, 1.54) is 6.07 Å². The van der Waals surface area contributed by atoms with Gasteiger partial charge in [0, 0.05) is 17.8 Å². The average Bonchev–Trinajstić information content (AvgIpc) is 2.38. The number of hydrogen-bond acceptors (Lipinski definition) is 4. The summed E-state index contributed by atoms with van der Waals surface area (Å²) in [5.41, 5.74) is 0.876. The fraction of sp³-hybridized carbons (Fsp3) is 0.286. The molecule has 0 saturated carbocycles. The molecule has 2 rings (SSSR count). The topological polar surface area (TPSA) is 47.0 Å². The van der Waals surface area contributed by atoms with Gasteiger partial charge in [-0.2, -0.15) is 0 Å². The molecule has 0 spiro atoms. The second-order valence-corrected chi connectivity index (χ2v) is 4.29. The third-order valence-corrected chi connectivity index (χ3v) is 2.53. The number of rotatable bonds is 5. The molecular weight excluding hydrogens is 264 g/mol. The van der Waals surface area contributed by atoms with E-state index in [4.69, 9.17) is 4.74 Å². The minimum atomic E-state index is -0.919. The molecule has 20 heavy (non-hydrogen) atoms. The number of ether oxygens (including phenoxy) is 1. The monoisotopic (exact) mass is 279 g/mol. The van der Waals surface area contributed by atoms with Gasteiger partial charge in [0.15, 0.2) is 11.6 Å². The SMILES string of the molecule is Cc1cc(NCCOc2ccc(F)c(F)c2)nc(C)n1. The first-order chi connectivity index (χ1) is 9.54. The average molecular weight is 279 g/mol. The van der Waals surface area contributed by atoms with Crippen molar-refractivity contribution in [2.45, 2.75) is 13.8 Å². The Kier molecular flexibility index (Phi) is 4.45. The Labute approximate surface area is 115 Å². The molecule has 2 aromatic rings. The lowest BCUT2D eigenvalue weighted by atomic mass is 10.3. The number of nitrogens with one attached hydrogen (secondary N) is 1. The summed E-state index contributed by atoms with van der Waals surface area (Å²) in [7, 11) is 0. The Morgan fingerprint density at radius 1 is 1.10 bits per heavy atom. The fourth-order valence-electron chi connectivity index (χ4n) is 1.72. The molecule has 1 heterocycles. The van der Waals surface area contributed by atoms with Gasteiger partial charge in [-0.25, -0.2) is 18.7 Å². The molecule has 0 aliphatic rings. The van der Waals surface area contributed by atoms with Crippen LogP contribution in [0.1, 0.15) is 11.5 Å².